The average molecular weight is 277 g/mol. The minimum atomic E-state index is -0.461. The molecule has 3 heterocycles. The minimum absolute atomic E-state index is 0.450. The van der Waals surface area contributed by atoms with Gasteiger partial charge in [0.15, 0.2) is 0 Å². The number of hydrogen-bond donors (Lipinski definition) is 3. The lowest BCUT2D eigenvalue weighted by Crippen LogP contribution is -2.10. The number of benzene rings is 1. The van der Waals surface area contributed by atoms with Crippen molar-refractivity contribution in [2.75, 3.05) is 0 Å². The molecule has 0 bridgehead atoms. The van der Waals surface area contributed by atoms with Gasteiger partial charge in [0.05, 0.1) is 11.2 Å². The number of nitrogens with one attached hydrogen (secondary N) is 2. The molecule has 0 radical (unpaired) electrons. The van der Waals surface area contributed by atoms with Gasteiger partial charge in [0.25, 0.3) is 0 Å². The van der Waals surface area contributed by atoms with Crippen molar-refractivity contribution in [3.8, 4) is 11.4 Å². The van der Waals surface area contributed by atoms with E-state index in [1.54, 1.807) is 24.4 Å². The highest BCUT2D eigenvalue weighted by Crippen LogP contribution is 2.27. The molecule has 1 aromatic carbocycles. The topological polar surface area (TPSA) is 100 Å². The zero-order valence-corrected chi connectivity index (χ0v) is 10.9. The highest BCUT2D eigenvalue weighted by Gasteiger charge is 2.12. The maximum Gasteiger partial charge on any atom is 0.248 e. The number of aromatic amines is 2. The van der Waals surface area contributed by atoms with Gasteiger partial charge in [-0.1, -0.05) is 0 Å². The Kier molecular flexibility index (Phi) is 2.32. The molecule has 102 valence electrons. The summed E-state index contributed by atoms with van der Waals surface area (Å²) in [5.41, 5.74) is 9.04. The molecule has 6 nitrogen and oxygen atoms in total. The monoisotopic (exact) mass is 277 g/mol. The van der Waals surface area contributed by atoms with Gasteiger partial charge in [0.2, 0.25) is 5.91 Å². The van der Waals surface area contributed by atoms with Gasteiger partial charge in [-0.05, 0) is 30.3 Å². The second-order valence-electron chi connectivity index (χ2n) is 4.83. The smallest absolute Gasteiger partial charge is 0.248 e. The van der Waals surface area contributed by atoms with Crippen LogP contribution in [0.15, 0.2) is 42.7 Å². The number of hydrogen-bond acceptors (Lipinski definition) is 3. The van der Waals surface area contributed by atoms with E-state index in [2.05, 4.69) is 20.2 Å². The van der Waals surface area contributed by atoms with E-state index in [1.165, 1.54) is 0 Å². The third kappa shape index (κ3) is 1.77. The quantitative estimate of drug-likeness (QED) is 0.523. The van der Waals surface area contributed by atoms with Crippen LogP contribution in [0.4, 0.5) is 0 Å². The number of nitrogens with two attached hydrogens (primary N) is 1. The summed E-state index contributed by atoms with van der Waals surface area (Å²) in [7, 11) is 0. The number of fused-ring (bicyclic) bond motifs is 2. The Morgan fingerprint density at radius 3 is 2.90 bits per heavy atom. The molecule has 0 atom stereocenters. The second kappa shape index (κ2) is 4.17. The zero-order chi connectivity index (χ0) is 14.4. The first-order chi connectivity index (χ1) is 10.2. The molecule has 0 saturated heterocycles. The Labute approximate surface area is 119 Å². The van der Waals surface area contributed by atoms with Crippen LogP contribution in [-0.2, 0) is 0 Å². The molecule has 0 spiro atoms. The molecule has 4 rings (SSSR count). The van der Waals surface area contributed by atoms with Crippen LogP contribution in [0.1, 0.15) is 10.4 Å². The van der Waals surface area contributed by atoms with Gasteiger partial charge in [0.1, 0.15) is 5.69 Å². The molecule has 21 heavy (non-hydrogen) atoms. The van der Waals surface area contributed by atoms with Gasteiger partial charge < -0.3 is 10.7 Å². The van der Waals surface area contributed by atoms with E-state index in [0.29, 0.717) is 11.3 Å². The van der Waals surface area contributed by atoms with Gasteiger partial charge in [-0.25, -0.2) is 0 Å². The first-order valence-electron chi connectivity index (χ1n) is 6.44. The highest BCUT2D eigenvalue weighted by molar-refractivity contribution is 6.01. The van der Waals surface area contributed by atoms with Crippen molar-refractivity contribution in [1.29, 1.82) is 0 Å². The van der Waals surface area contributed by atoms with Crippen molar-refractivity contribution in [2.24, 2.45) is 5.73 Å². The maximum atomic E-state index is 11.3. The molecule has 1 amide bonds. The summed E-state index contributed by atoms with van der Waals surface area (Å²) in [6.45, 7) is 0. The number of primary amides is 1. The third-order valence-corrected chi connectivity index (χ3v) is 3.53. The summed E-state index contributed by atoms with van der Waals surface area (Å²) in [6.07, 6.45) is 3.66. The number of carbonyl (C=O) groups is 1. The van der Waals surface area contributed by atoms with Crippen molar-refractivity contribution in [1.82, 2.24) is 20.2 Å². The Morgan fingerprint density at radius 2 is 2.05 bits per heavy atom. The Hall–Kier alpha value is -3.15. The molecule has 0 saturated carbocycles. The van der Waals surface area contributed by atoms with Gasteiger partial charge in [0, 0.05) is 34.2 Å². The lowest BCUT2D eigenvalue weighted by Gasteiger charge is -1.99. The SMILES string of the molecule is NC(=O)c1ccc2[nH]nc(-c3cc4[nH]ccc4cn3)c2c1. The first-order valence-corrected chi connectivity index (χ1v) is 6.44. The van der Waals surface area contributed by atoms with Crippen molar-refractivity contribution in [3.63, 3.8) is 0 Å². The van der Waals surface area contributed by atoms with E-state index in [1.807, 2.05) is 18.3 Å². The third-order valence-electron chi connectivity index (χ3n) is 3.53. The average Bonchev–Trinajstić information content (AvgIpc) is 3.12. The summed E-state index contributed by atoms with van der Waals surface area (Å²) in [6, 6.07) is 9.09. The first kappa shape index (κ1) is 11.7. The molecule has 0 unspecified atom stereocenters. The van der Waals surface area contributed by atoms with E-state index in [0.717, 1.165) is 27.5 Å². The van der Waals surface area contributed by atoms with Crippen LogP contribution < -0.4 is 5.73 Å². The molecule has 0 aliphatic carbocycles. The highest BCUT2D eigenvalue weighted by atomic mass is 16.1. The zero-order valence-electron chi connectivity index (χ0n) is 10.9. The van der Waals surface area contributed by atoms with Crippen LogP contribution in [-0.4, -0.2) is 26.1 Å². The summed E-state index contributed by atoms with van der Waals surface area (Å²) in [5, 5.41) is 9.11. The van der Waals surface area contributed by atoms with E-state index >= 15 is 0 Å². The Balaban J connectivity index is 1.96. The van der Waals surface area contributed by atoms with Crippen LogP contribution in [0.2, 0.25) is 0 Å². The minimum Gasteiger partial charge on any atom is -0.366 e. The predicted molar refractivity (Wildman–Crippen MR) is 79.7 cm³/mol. The fourth-order valence-electron chi connectivity index (χ4n) is 2.44. The van der Waals surface area contributed by atoms with Crippen molar-refractivity contribution in [2.45, 2.75) is 0 Å². The maximum absolute atomic E-state index is 11.3. The number of carbonyl (C=O) groups excluding carboxylic acids is 1. The number of pyridine rings is 1. The fraction of sp³-hybridized carbons (Fsp3) is 0. The number of H-pyrrole nitrogens is 2. The fourth-order valence-corrected chi connectivity index (χ4v) is 2.44. The lowest BCUT2D eigenvalue weighted by atomic mass is 10.1. The van der Waals surface area contributed by atoms with Crippen molar-refractivity contribution < 1.29 is 4.79 Å². The standard InChI is InChI=1S/C15H11N5O/c16-15(21)8-1-2-11-10(5-8)14(20-19-11)13-6-12-9(7-18-13)3-4-17-12/h1-7,17H,(H2,16,21)(H,19,20). The molecule has 4 aromatic rings. The molecule has 3 aromatic heterocycles. The molecule has 0 aliphatic rings. The summed E-state index contributed by atoms with van der Waals surface area (Å²) >= 11 is 0. The van der Waals surface area contributed by atoms with Crippen LogP contribution >= 0.6 is 0 Å². The van der Waals surface area contributed by atoms with E-state index < -0.39 is 5.91 Å². The van der Waals surface area contributed by atoms with Crippen LogP contribution in [0, 0.1) is 0 Å². The van der Waals surface area contributed by atoms with Crippen molar-refractivity contribution >= 4 is 27.7 Å². The molecular weight excluding hydrogens is 266 g/mol. The van der Waals surface area contributed by atoms with Crippen molar-refractivity contribution in [3.05, 3.63) is 48.3 Å². The van der Waals surface area contributed by atoms with Gasteiger partial charge >= 0.3 is 0 Å². The normalized spacial score (nSPS) is 11.2. The molecule has 0 fully saturated rings. The van der Waals surface area contributed by atoms with E-state index in [9.17, 15) is 4.79 Å². The van der Waals surface area contributed by atoms with Crippen LogP contribution in [0.3, 0.4) is 0 Å². The Bertz CT molecular complexity index is 982. The molecule has 0 aliphatic heterocycles. The Morgan fingerprint density at radius 1 is 1.14 bits per heavy atom. The van der Waals surface area contributed by atoms with Crippen LogP contribution in [0.25, 0.3) is 33.2 Å². The molecule has 6 heteroatoms. The second-order valence-corrected chi connectivity index (χ2v) is 4.83. The lowest BCUT2D eigenvalue weighted by molar-refractivity contribution is 0.100. The van der Waals surface area contributed by atoms with Gasteiger partial charge in [-0.15, -0.1) is 0 Å². The molecular formula is C15H11N5O. The number of nitrogens with zero attached hydrogens (tertiary/aromatic N) is 2. The number of rotatable bonds is 2. The number of aromatic nitrogens is 4. The largest absolute Gasteiger partial charge is 0.366 e. The summed E-state index contributed by atoms with van der Waals surface area (Å²) in [4.78, 5) is 18.9. The number of amides is 1. The molecule has 4 N–H and O–H groups in total. The van der Waals surface area contributed by atoms with Gasteiger partial charge in [-0.2, -0.15) is 5.10 Å². The summed E-state index contributed by atoms with van der Waals surface area (Å²) < 4.78 is 0. The van der Waals surface area contributed by atoms with Crippen LogP contribution in [0.5, 0.6) is 0 Å². The van der Waals surface area contributed by atoms with Gasteiger partial charge in [-0.3, -0.25) is 14.9 Å². The predicted octanol–water partition coefficient (Wildman–Crippen LogP) is 2.21. The van der Waals surface area contributed by atoms with E-state index in [4.69, 9.17) is 5.73 Å². The van der Waals surface area contributed by atoms with E-state index in [-0.39, 0.29) is 0 Å². The summed E-state index contributed by atoms with van der Waals surface area (Å²) in [5.74, 6) is -0.461.